The summed E-state index contributed by atoms with van der Waals surface area (Å²) in [7, 11) is 0. The Kier molecular flexibility index (Phi) is 29.3. The maximum Gasteiger partial charge on any atom is 0.329 e. The van der Waals surface area contributed by atoms with Crippen molar-refractivity contribution in [3.05, 3.63) is 0 Å². The summed E-state index contributed by atoms with van der Waals surface area (Å²) < 4.78 is 6.01. The van der Waals surface area contributed by atoms with E-state index in [9.17, 15) is 53.1 Å². The van der Waals surface area contributed by atoms with Crippen molar-refractivity contribution in [2.45, 2.75) is 228 Å². The minimum atomic E-state index is -1.72. The average Bonchev–Trinajstić information content (AvgIpc) is 3.24. The molecule has 0 aromatic rings. The van der Waals surface area contributed by atoms with Crippen molar-refractivity contribution in [2.24, 2.45) is 41.2 Å². The lowest BCUT2D eigenvalue weighted by Gasteiger charge is -2.29. The van der Waals surface area contributed by atoms with Gasteiger partial charge >= 0.3 is 11.9 Å². The molecule has 0 aliphatic carbocycles. The largest absolute Gasteiger partial charge is 0.481 e. The van der Waals surface area contributed by atoms with Gasteiger partial charge in [0, 0.05) is 6.42 Å². The molecule has 0 spiro atoms. The zero-order chi connectivity index (χ0) is 54.1. The smallest absolute Gasteiger partial charge is 0.329 e. The number of amides is 8. The lowest BCUT2D eigenvalue weighted by molar-refractivity contribution is -0.156. The van der Waals surface area contributed by atoms with Gasteiger partial charge in [-0.2, -0.15) is 0 Å². The summed E-state index contributed by atoms with van der Waals surface area (Å²) in [5.41, 5.74) is 5.48. The van der Waals surface area contributed by atoms with Gasteiger partial charge in [0.05, 0.1) is 12.8 Å². The molecule has 0 radical (unpaired) electrons. The number of hydrogen-bond acceptors (Lipinski definition) is 11. The van der Waals surface area contributed by atoms with E-state index >= 15 is 0 Å². The number of carbonyl (C=O) groups excluding carboxylic acids is 9. The number of carboxylic acid groups (broad SMARTS) is 1. The van der Waals surface area contributed by atoms with Gasteiger partial charge in [0.2, 0.25) is 47.3 Å². The van der Waals surface area contributed by atoms with Gasteiger partial charge in [-0.15, -0.1) is 0 Å². The second-order valence-corrected chi connectivity index (χ2v) is 21.7. The summed E-state index contributed by atoms with van der Waals surface area (Å²) in [5.74, 6) is -9.89. The molecule has 0 aromatic heterocycles. The highest BCUT2D eigenvalue weighted by molar-refractivity contribution is 5.98. The Morgan fingerprint density at radius 2 is 0.915 bits per heavy atom. The fourth-order valence-electron chi connectivity index (χ4n) is 8.20. The topological polar surface area (TPSA) is 310 Å². The summed E-state index contributed by atoms with van der Waals surface area (Å²) >= 11 is 0. The maximum absolute atomic E-state index is 14.1. The van der Waals surface area contributed by atoms with Crippen molar-refractivity contribution in [1.82, 2.24) is 37.2 Å². The average molecular weight is 1010 g/mol. The Balaban J connectivity index is 3.95. The highest BCUT2D eigenvalue weighted by atomic mass is 16.5. The number of ether oxygens (including phenoxy) is 1. The number of esters is 1. The highest BCUT2D eigenvalue weighted by Gasteiger charge is 2.37. The first-order chi connectivity index (χ1) is 33.1. The Hall–Kier alpha value is -5.30. The van der Waals surface area contributed by atoms with Crippen molar-refractivity contribution in [1.29, 1.82) is 0 Å². The molecule has 20 nitrogen and oxygen atoms in total. The molecule has 0 unspecified atom stereocenters. The predicted molar refractivity (Wildman–Crippen MR) is 269 cm³/mol. The number of rotatable bonds is 22. The highest BCUT2D eigenvalue weighted by Crippen LogP contribution is 2.19. The van der Waals surface area contributed by atoms with Crippen molar-refractivity contribution in [2.75, 3.05) is 0 Å². The second kappa shape index (κ2) is 32.6. The first-order valence-electron chi connectivity index (χ1n) is 25.9. The first-order valence-corrected chi connectivity index (χ1v) is 25.9. The standard InChI is InChI=1S/C51H90N8O12/c1-28(2)19-17-15-13-14-16-18-20-34-26-41(61)53-35(21-22-40(52)60)45(64)54-36(23-29(3)4)46(65)55-37(24-30(5)6)48(67)58-43(32(9)10)50(69)57-39(27-42(62)63)47(66)56-38(25-31(7)8)49(68)59-44(33(11)12)51(70)71-34/h28-39,43-44H,13-27H2,1-12H3,(H2,52,60)(H,53,61)(H,54,64)(H,55,65)(H,56,66)(H,57,69)(H,58,67)(H,59,68)(H,62,63)/t34-,35+,36+,37-,38-,39+,43+,44+/m1/s1. The fraction of sp³-hybridized carbons (Fsp3) is 0.804. The van der Waals surface area contributed by atoms with Crippen molar-refractivity contribution < 1.29 is 57.8 Å². The van der Waals surface area contributed by atoms with E-state index in [1.807, 2.05) is 27.7 Å². The molecular formula is C51H90N8O12. The van der Waals surface area contributed by atoms with Gasteiger partial charge in [-0.3, -0.25) is 43.2 Å². The zero-order valence-corrected chi connectivity index (χ0v) is 44.7. The van der Waals surface area contributed by atoms with Gasteiger partial charge < -0.3 is 52.8 Å². The van der Waals surface area contributed by atoms with Gasteiger partial charge in [-0.1, -0.05) is 122 Å². The van der Waals surface area contributed by atoms with Crippen LogP contribution in [0.5, 0.6) is 0 Å². The monoisotopic (exact) mass is 1010 g/mol. The molecule has 1 fully saturated rings. The number of carboxylic acids is 1. The van der Waals surface area contributed by atoms with Crippen LogP contribution in [-0.2, 0) is 52.7 Å². The lowest BCUT2D eigenvalue weighted by Crippen LogP contribution is -2.61. The number of carbonyl (C=O) groups is 10. The van der Waals surface area contributed by atoms with Crippen LogP contribution < -0.4 is 43.0 Å². The van der Waals surface area contributed by atoms with E-state index in [2.05, 4.69) is 51.1 Å². The quantitative estimate of drug-likeness (QED) is 0.0555. The maximum atomic E-state index is 14.1. The molecule has 8 atom stereocenters. The van der Waals surface area contributed by atoms with E-state index < -0.39 is 132 Å². The number of nitrogens with two attached hydrogens (primary N) is 1. The van der Waals surface area contributed by atoms with Crippen LogP contribution in [0.15, 0.2) is 0 Å². The van der Waals surface area contributed by atoms with Gasteiger partial charge in [0.25, 0.3) is 0 Å². The fourth-order valence-corrected chi connectivity index (χ4v) is 8.20. The minimum absolute atomic E-state index is 0.0433. The molecule has 406 valence electrons. The van der Waals surface area contributed by atoms with E-state index in [0.29, 0.717) is 12.3 Å². The molecule has 1 heterocycles. The van der Waals surface area contributed by atoms with Crippen LogP contribution >= 0.6 is 0 Å². The molecule has 10 N–H and O–H groups in total. The molecular weight excluding hydrogens is 917 g/mol. The number of unbranched alkanes of at least 4 members (excludes halogenated alkanes) is 5. The van der Waals surface area contributed by atoms with Gasteiger partial charge in [-0.25, -0.2) is 4.79 Å². The number of nitrogens with one attached hydrogen (secondary N) is 7. The van der Waals surface area contributed by atoms with Gasteiger partial charge in [-0.05, 0) is 74.0 Å². The number of cyclic esters (lactones) is 1. The molecule has 1 saturated heterocycles. The normalized spacial score (nSPS) is 24.4. The molecule has 1 aliphatic rings. The third-order valence-electron chi connectivity index (χ3n) is 12.1. The summed E-state index contributed by atoms with van der Waals surface area (Å²) in [6.45, 7) is 21.8. The summed E-state index contributed by atoms with van der Waals surface area (Å²) in [4.78, 5) is 136. The van der Waals surface area contributed by atoms with Crippen LogP contribution in [0, 0.1) is 35.5 Å². The van der Waals surface area contributed by atoms with Crippen LogP contribution in [0.2, 0.25) is 0 Å². The van der Waals surface area contributed by atoms with Crippen LogP contribution in [0.4, 0.5) is 0 Å². The molecule has 0 aromatic carbocycles. The number of primary amides is 1. The molecule has 0 bridgehead atoms. The van der Waals surface area contributed by atoms with Crippen LogP contribution in [-0.4, -0.2) is 113 Å². The van der Waals surface area contributed by atoms with Gasteiger partial charge in [0.15, 0.2) is 0 Å². The summed E-state index contributed by atoms with van der Waals surface area (Å²) in [6, 6.07) is -9.50. The number of aliphatic carboxylic acids is 1. The van der Waals surface area contributed by atoms with Gasteiger partial charge in [0.1, 0.15) is 48.4 Å². The van der Waals surface area contributed by atoms with E-state index in [1.165, 1.54) is 0 Å². The lowest BCUT2D eigenvalue weighted by atomic mass is 9.98. The SMILES string of the molecule is CC(C)CCCCCCCC[C@@H]1CC(=O)N[C@@H](CCC(N)=O)C(=O)N[C@@H](CC(C)C)C(=O)N[C@H](CC(C)C)C(=O)N[C@@H](C(C)C)C(=O)N[C@@H](CC(=O)O)C(=O)N[C@H](CC(C)C)C(=O)N[C@@H](C(C)C)C(=O)O1. The van der Waals surface area contributed by atoms with Crippen molar-refractivity contribution >= 4 is 59.2 Å². The zero-order valence-electron chi connectivity index (χ0n) is 44.7. The number of hydrogen-bond donors (Lipinski definition) is 9. The van der Waals surface area contributed by atoms with Crippen LogP contribution in [0.25, 0.3) is 0 Å². The molecule has 20 heteroatoms. The third kappa shape index (κ3) is 26.1. The minimum Gasteiger partial charge on any atom is -0.481 e. The molecule has 71 heavy (non-hydrogen) atoms. The molecule has 0 saturated carbocycles. The predicted octanol–water partition coefficient (Wildman–Crippen LogP) is 3.66. The van der Waals surface area contributed by atoms with Crippen LogP contribution in [0.3, 0.4) is 0 Å². The van der Waals surface area contributed by atoms with E-state index in [0.717, 1.165) is 38.5 Å². The Bertz CT molecular complexity index is 1770. The Labute approximate surface area is 422 Å². The first kappa shape index (κ1) is 63.7. The van der Waals surface area contributed by atoms with E-state index in [-0.39, 0.29) is 56.3 Å². The molecule has 1 aliphatic heterocycles. The van der Waals surface area contributed by atoms with E-state index in [1.54, 1.807) is 41.5 Å². The van der Waals surface area contributed by atoms with Crippen molar-refractivity contribution in [3.8, 4) is 0 Å². The Morgan fingerprint density at radius 1 is 0.507 bits per heavy atom. The summed E-state index contributed by atoms with van der Waals surface area (Å²) in [5, 5.41) is 28.3. The Morgan fingerprint density at radius 3 is 1.35 bits per heavy atom. The van der Waals surface area contributed by atoms with Crippen LogP contribution in [0.1, 0.15) is 179 Å². The third-order valence-corrected chi connectivity index (χ3v) is 12.1. The van der Waals surface area contributed by atoms with Crippen molar-refractivity contribution in [3.63, 3.8) is 0 Å². The van der Waals surface area contributed by atoms with E-state index in [4.69, 9.17) is 10.5 Å². The molecule has 8 amide bonds. The molecule has 1 rings (SSSR count). The summed E-state index contributed by atoms with van der Waals surface area (Å²) in [6.07, 6.45) is 4.23. The second-order valence-electron chi connectivity index (χ2n) is 21.7.